The second-order valence-electron chi connectivity index (χ2n) is 11.4. The normalized spacial score (nSPS) is 21.4. The first-order valence-corrected chi connectivity index (χ1v) is 13.9. The number of rotatable bonds is 9. The number of alkyl halides is 6. The summed E-state index contributed by atoms with van der Waals surface area (Å²) < 4.78 is 83.7. The molecule has 8 nitrogen and oxygen atoms in total. The molecule has 0 aromatic carbocycles. The van der Waals surface area contributed by atoms with Crippen molar-refractivity contribution in [2.24, 2.45) is 5.41 Å². The molecule has 0 spiro atoms. The van der Waals surface area contributed by atoms with Crippen molar-refractivity contribution in [1.82, 2.24) is 20.2 Å². The zero-order chi connectivity index (χ0) is 30.4. The Morgan fingerprint density at radius 1 is 1.24 bits per heavy atom. The molecule has 2 fully saturated rings. The molecule has 2 aromatic rings. The molecule has 3 N–H and O–H groups in total. The first kappa shape index (κ1) is 31.2. The van der Waals surface area contributed by atoms with E-state index in [1.165, 1.54) is 0 Å². The second kappa shape index (κ2) is 11.1. The van der Waals surface area contributed by atoms with E-state index in [0.717, 1.165) is 6.20 Å². The van der Waals surface area contributed by atoms with E-state index in [2.05, 4.69) is 15.3 Å². The number of likely N-dealkylation sites (tertiary alicyclic amines) is 1. The Morgan fingerprint density at radius 2 is 1.93 bits per heavy atom. The van der Waals surface area contributed by atoms with E-state index in [-0.39, 0.29) is 52.3 Å². The Kier molecular flexibility index (Phi) is 8.46. The van der Waals surface area contributed by atoms with Crippen LogP contribution in [0, 0.1) is 5.41 Å². The molecule has 1 aliphatic heterocycles. The molecule has 0 bridgehead atoms. The number of pyridine rings is 1. The third-order valence-electron chi connectivity index (χ3n) is 7.69. The van der Waals surface area contributed by atoms with Crippen molar-refractivity contribution in [3.8, 4) is 10.4 Å². The summed E-state index contributed by atoms with van der Waals surface area (Å²) in [6.45, 7) is 5.25. The lowest BCUT2D eigenvalue weighted by Gasteiger charge is -2.43. The Hall–Kier alpha value is -2.78. The highest BCUT2D eigenvalue weighted by Gasteiger charge is 2.58. The van der Waals surface area contributed by atoms with Crippen LogP contribution >= 0.6 is 11.3 Å². The highest BCUT2D eigenvalue weighted by molar-refractivity contribution is 7.17. The first-order chi connectivity index (χ1) is 18.9. The van der Waals surface area contributed by atoms with Gasteiger partial charge < -0.3 is 10.4 Å². The lowest BCUT2D eigenvalue weighted by Crippen LogP contribution is -2.48. The first-order valence-electron chi connectivity index (χ1n) is 13.0. The largest absolute Gasteiger partial charge is 0.417 e. The van der Waals surface area contributed by atoms with Crippen molar-refractivity contribution < 1.29 is 41.0 Å². The number of aliphatic hydroxyl groups is 1. The highest BCUT2D eigenvalue weighted by Crippen LogP contribution is 2.53. The molecule has 226 valence electrons. The van der Waals surface area contributed by atoms with E-state index < -0.39 is 47.3 Å². The number of anilines is 1. The standard InChI is InChI=1S/C26H31F6N5O3S/c1-14-7-15(10-37(14)12-23(2,3)40)19-20(41-22(36-19)21(39)35-13-38)16-9-33-18(8-17(16)25(27,28)29)34-11-24(5-4-6-24)26(30,31)32/h8-9,13-15,40H,4-7,10-12H2,1-3H3,(H,33,34)(H,35,38,39)/t14-,15?/m0/s1. The molecule has 2 aliphatic rings. The molecule has 2 atom stereocenters. The van der Waals surface area contributed by atoms with Crippen molar-refractivity contribution in [1.29, 1.82) is 0 Å². The molecule has 41 heavy (non-hydrogen) atoms. The quantitative estimate of drug-likeness (QED) is 0.266. The maximum Gasteiger partial charge on any atom is 0.417 e. The lowest BCUT2D eigenvalue weighted by molar-refractivity contribution is -0.244. The number of halogens is 6. The molecule has 1 saturated carbocycles. The third kappa shape index (κ3) is 6.67. The van der Waals surface area contributed by atoms with Crippen molar-refractivity contribution in [3.63, 3.8) is 0 Å². The average molecular weight is 608 g/mol. The van der Waals surface area contributed by atoms with Gasteiger partial charge in [0.15, 0.2) is 5.01 Å². The number of carbonyl (C=O) groups is 2. The number of hydrogen-bond acceptors (Lipinski definition) is 8. The summed E-state index contributed by atoms with van der Waals surface area (Å²) in [4.78, 5) is 33.6. The molecule has 1 unspecified atom stereocenters. The monoisotopic (exact) mass is 607 g/mol. The van der Waals surface area contributed by atoms with E-state index in [1.54, 1.807) is 13.8 Å². The fourth-order valence-corrected chi connectivity index (χ4v) is 6.50. The molecule has 2 amide bonds. The molecule has 0 radical (unpaired) electrons. The van der Waals surface area contributed by atoms with Gasteiger partial charge in [0.1, 0.15) is 5.82 Å². The van der Waals surface area contributed by atoms with Gasteiger partial charge in [-0.05, 0) is 46.1 Å². The summed E-state index contributed by atoms with van der Waals surface area (Å²) in [5.74, 6) is -1.64. The summed E-state index contributed by atoms with van der Waals surface area (Å²) in [6, 6.07) is 0.623. The van der Waals surface area contributed by atoms with E-state index >= 15 is 0 Å². The van der Waals surface area contributed by atoms with E-state index in [9.17, 15) is 41.0 Å². The van der Waals surface area contributed by atoms with Crippen LogP contribution in [0.2, 0.25) is 0 Å². The van der Waals surface area contributed by atoms with Gasteiger partial charge in [0.2, 0.25) is 6.41 Å². The number of nitrogens with one attached hydrogen (secondary N) is 2. The van der Waals surface area contributed by atoms with Gasteiger partial charge in [0.05, 0.1) is 27.2 Å². The molecule has 1 saturated heterocycles. The van der Waals surface area contributed by atoms with Crippen LogP contribution in [0.15, 0.2) is 12.3 Å². The fourth-order valence-electron chi connectivity index (χ4n) is 5.42. The third-order valence-corrected chi connectivity index (χ3v) is 8.80. The number of nitrogens with zero attached hydrogens (tertiary/aromatic N) is 3. The Bertz CT molecular complexity index is 1290. The minimum absolute atomic E-state index is 0.0282. The summed E-state index contributed by atoms with van der Waals surface area (Å²) in [7, 11) is 0. The number of amides is 2. The number of aromatic nitrogens is 2. The van der Waals surface area contributed by atoms with Crippen molar-refractivity contribution in [2.75, 3.05) is 25.0 Å². The number of carbonyl (C=O) groups excluding carboxylic acids is 2. The van der Waals surface area contributed by atoms with E-state index in [0.29, 0.717) is 43.3 Å². The van der Waals surface area contributed by atoms with Gasteiger partial charge in [-0.15, -0.1) is 11.3 Å². The van der Waals surface area contributed by atoms with Gasteiger partial charge >= 0.3 is 12.4 Å². The minimum atomic E-state index is -4.91. The zero-order valence-corrected chi connectivity index (χ0v) is 23.4. The maximum absolute atomic E-state index is 14.3. The topological polar surface area (TPSA) is 107 Å². The summed E-state index contributed by atoms with van der Waals surface area (Å²) in [5.41, 5.74) is -4.33. The van der Waals surface area contributed by atoms with Crippen molar-refractivity contribution >= 4 is 29.5 Å². The second-order valence-corrected chi connectivity index (χ2v) is 12.4. The fraction of sp³-hybridized carbons (Fsp3) is 0.615. The molecular weight excluding hydrogens is 576 g/mol. The molecular formula is C26H31F6N5O3S. The lowest BCUT2D eigenvalue weighted by atomic mass is 9.68. The van der Waals surface area contributed by atoms with Gasteiger partial charge in [-0.1, -0.05) is 6.42 Å². The van der Waals surface area contributed by atoms with Gasteiger partial charge in [0.25, 0.3) is 5.91 Å². The molecule has 15 heteroatoms. The van der Waals surface area contributed by atoms with Crippen LogP contribution in [0.5, 0.6) is 0 Å². The van der Waals surface area contributed by atoms with Crippen molar-refractivity contribution in [3.05, 3.63) is 28.5 Å². The zero-order valence-electron chi connectivity index (χ0n) is 22.6. The van der Waals surface area contributed by atoms with Gasteiger partial charge in [-0.2, -0.15) is 26.3 Å². The Balaban J connectivity index is 1.73. The predicted molar refractivity (Wildman–Crippen MR) is 139 cm³/mol. The summed E-state index contributed by atoms with van der Waals surface area (Å²) in [5, 5.41) is 14.5. The van der Waals surface area contributed by atoms with Crippen LogP contribution in [0.3, 0.4) is 0 Å². The van der Waals surface area contributed by atoms with Crippen LogP contribution < -0.4 is 10.6 Å². The van der Waals surface area contributed by atoms with Crippen LogP contribution in [-0.2, 0) is 11.0 Å². The smallest absolute Gasteiger partial charge is 0.389 e. The number of hydrogen-bond donors (Lipinski definition) is 3. The summed E-state index contributed by atoms with van der Waals surface area (Å²) in [6.07, 6.45) is -7.71. The SMILES string of the molecule is C[C@H]1CC(c2nc(C(=O)NC=O)sc2-c2cnc(NCC3(C(F)(F)F)CCC3)cc2C(F)(F)F)CN1CC(C)(C)O. The molecule has 2 aromatic heterocycles. The molecule has 4 rings (SSSR count). The number of thiazole rings is 1. The van der Waals surface area contributed by atoms with Crippen molar-refractivity contribution in [2.45, 2.75) is 76.4 Å². The highest BCUT2D eigenvalue weighted by atomic mass is 32.1. The van der Waals surface area contributed by atoms with Gasteiger partial charge in [0, 0.05) is 43.4 Å². The predicted octanol–water partition coefficient (Wildman–Crippen LogP) is 5.20. The maximum atomic E-state index is 14.3. The van der Waals surface area contributed by atoms with Crippen LogP contribution in [0.4, 0.5) is 32.2 Å². The molecule has 1 aliphatic carbocycles. The minimum Gasteiger partial charge on any atom is -0.389 e. The van der Waals surface area contributed by atoms with Crippen LogP contribution in [0.1, 0.15) is 73.4 Å². The number of imide groups is 1. The Morgan fingerprint density at radius 3 is 2.46 bits per heavy atom. The molecule has 3 heterocycles. The van der Waals surface area contributed by atoms with Crippen LogP contribution in [-0.4, -0.2) is 69.7 Å². The average Bonchev–Trinajstić information content (AvgIpc) is 3.40. The summed E-state index contributed by atoms with van der Waals surface area (Å²) >= 11 is 0.674. The van der Waals surface area contributed by atoms with E-state index in [1.807, 2.05) is 17.1 Å². The Labute approximate surface area is 236 Å². The van der Waals surface area contributed by atoms with Gasteiger partial charge in [-0.25, -0.2) is 9.97 Å². The van der Waals surface area contributed by atoms with E-state index in [4.69, 9.17) is 0 Å². The van der Waals surface area contributed by atoms with Gasteiger partial charge in [-0.3, -0.25) is 19.8 Å². The van der Waals surface area contributed by atoms with Crippen LogP contribution in [0.25, 0.3) is 10.4 Å². The number of β-amino-alcohol motifs (C(OH)–C–C–N with tert-alkyl or cyclic N) is 1.